The summed E-state index contributed by atoms with van der Waals surface area (Å²) in [5.74, 6) is 0.272. The van der Waals surface area contributed by atoms with E-state index in [9.17, 15) is 9.90 Å². The van der Waals surface area contributed by atoms with E-state index in [4.69, 9.17) is 10.5 Å². The van der Waals surface area contributed by atoms with Crippen LogP contribution in [0.25, 0.3) is 0 Å². The highest BCUT2D eigenvalue weighted by molar-refractivity contribution is 5.71. The summed E-state index contributed by atoms with van der Waals surface area (Å²) < 4.78 is 5.63. The molecule has 6 nitrogen and oxygen atoms in total. The summed E-state index contributed by atoms with van der Waals surface area (Å²) in [4.78, 5) is 13.6. The first-order valence-corrected chi connectivity index (χ1v) is 15.8. The van der Waals surface area contributed by atoms with Crippen LogP contribution in [0, 0.1) is 0 Å². The van der Waals surface area contributed by atoms with Crippen molar-refractivity contribution < 1.29 is 14.6 Å². The minimum absolute atomic E-state index is 0.256. The van der Waals surface area contributed by atoms with Gasteiger partial charge in [-0.25, -0.2) is 4.79 Å². The number of urea groups is 1. The lowest BCUT2D eigenvalue weighted by molar-refractivity contribution is 0.147. The molecule has 0 aliphatic rings. The van der Waals surface area contributed by atoms with E-state index in [0.29, 0.717) is 6.73 Å². The number of phenolic OH excluding ortho intramolecular Hbond substituents is 1. The normalized spacial score (nSPS) is 11.1. The van der Waals surface area contributed by atoms with Crippen molar-refractivity contribution in [3.63, 3.8) is 0 Å². The van der Waals surface area contributed by atoms with Gasteiger partial charge in [0.15, 0.2) is 0 Å². The molecule has 1 aromatic carbocycles. The number of nitrogens with two attached hydrogens (primary N) is 1. The maximum atomic E-state index is 11.8. The molecule has 0 fully saturated rings. The first-order valence-electron chi connectivity index (χ1n) is 15.8. The molecule has 6 heteroatoms. The van der Waals surface area contributed by atoms with Crippen molar-refractivity contribution in [2.24, 2.45) is 5.73 Å². The summed E-state index contributed by atoms with van der Waals surface area (Å²) in [6.45, 7) is 5.16. The lowest BCUT2D eigenvalue weighted by Crippen LogP contribution is -2.37. The fourth-order valence-corrected chi connectivity index (χ4v) is 4.83. The highest BCUT2D eigenvalue weighted by Gasteiger charge is 2.08. The number of nitrogens with zero attached hydrogens (tertiary/aromatic N) is 1. The molecule has 0 spiro atoms. The molecule has 0 saturated carbocycles. The number of carbonyl (C=O) groups is 1. The van der Waals surface area contributed by atoms with Crippen LogP contribution >= 0.6 is 0 Å². The van der Waals surface area contributed by atoms with Gasteiger partial charge in [0.1, 0.15) is 12.5 Å². The molecule has 0 heterocycles. The SMILES string of the molecule is CCCCCCCCCCCCCCN(CCCCCCCCCCOCNc1ccc(O)cc1)C(N)=O. The first-order chi connectivity index (χ1) is 18.6. The van der Waals surface area contributed by atoms with Crippen molar-refractivity contribution in [1.29, 1.82) is 0 Å². The van der Waals surface area contributed by atoms with Crippen LogP contribution in [-0.2, 0) is 4.74 Å². The van der Waals surface area contributed by atoms with Crippen molar-refractivity contribution in [1.82, 2.24) is 4.90 Å². The van der Waals surface area contributed by atoms with Gasteiger partial charge in [-0.05, 0) is 43.5 Å². The molecule has 38 heavy (non-hydrogen) atoms. The molecule has 0 unspecified atom stereocenters. The van der Waals surface area contributed by atoms with Gasteiger partial charge >= 0.3 is 6.03 Å². The highest BCUT2D eigenvalue weighted by Crippen LogP contribution is 2.14. The molecule has 1 aromatic rings. The average Bonchev–Trinajstić information content (AvgIpc) is 2.91. The summed E-state index contributed by atoms with van der Waals surface area (Å²) in [5.41, 5.74) is 6.56. The Morgan fingerprint density at radius 1 is 0.711 bits per heavy atom. The monoisotopic (exact) mass is 533 g/mol. The third kappa shape index (κ3) is 21.0. The van der Waals surface area contributed by atoms with E-state index in [1.54, 1.807) is 12.1 Å². The van der Waals surface area contributed by atoms with Crippen LogP contribution in [0.15, 0.2) is 24.3 Å². The molecule has 0 saturated heterocycles. The largest absolute Gasteiger partial charge is 0.508 e. The molecule has 0 aromatic heterocycles. The molecular weight excluding hydrogens is 474 g/mol. The summed E-state index contributed by atoms with van der Waals surface area (Å²) in [6, 6.07) is 6.75. The van der Waals surface area contributed by atoms with Gasteiger partial charge in [0.25, 0.3) is 0 Å². The molecule has 0 aliphatic heterocycles. The van der Waals surface area contributed by atoms with E-state index in [2.05, 4.69) is 12.2 Å². The first kappa shape index (κ1) is 34.1. The van der Waals surface area contributed by atoms with E-state index in [1.165, 1.54) is 109 Å². The number of aromatic hydroxyl groups is 1. The van der Waals surface area contributed by atoms with Crippen LogP contribution in [0.2, 0.25) is 0 Å². The number of unbranched alkanes of at least 4 members (excludes halogenated alkanes) is 18. The van der Waals surface area contributed by atoms with Gasteiger partial charge in [-0.3, -0.25) is 0 Å². The summed E-state index contributed by atoms with van der Waals surface area (Å²) in [7, 11) is 0. The third-order valence-corrected chi connectivity index (χ3v) is 7.31. The minimum atomic E-state index is -0.256. The molecule has 0 atom stereocenters. The maximum Gasteiger partial charge on any atom is 0.314 e. The predicted molar refractivity (Wildman–Crippen MR) is 162 cm³/mol. The van der Waals surface area contributed by atoms with Crippen molar-refractivity contribution >= 4 is 11.7 Å². The quantitative estimate of drug-likeness (QED) is 0.0598. The molecule has 1 rings (SSSR count). The average molecular weight is 534 g/mol. The van der Waals surface area contributed by atoms with Crippen molar-refractivity contribution in [3.8, 4) is 5.75 Å². The van der Waals surface area contributed by atoms with Crippen molar-refractivity contribution in [3.05, 3.63) is 24.3 Å². The van der Waals surface area contributed by atoms with Crippen LogP contribution in [-0.4, -0.2) is 42.5 Å². The number of benzene rings is 1. The highest BCUT2D eigenvalue weighted by atomic mass is 16.5. The Kier molecular flexibility index (Phi) is 22.7. The topological polar surface area (TPSA) is 87.8 Å². The Bertz CT molecular complexity index is 654. The minimum Gasteiger partial charge on any atom is -0.508 e. The van der Waals surface area contributed by atoms with Crippen LogP contribution in [0.4, 0.5) is 10.5 Å². The standard InChI is InChI=1S/C32H59N3O3/c1-2-3-4-5-6-7-8-9-10-13-16-19-26-35(32(33)37)27-20-17-14-11-12-15-18-21-28-38-29-34-30-22-24-31(36)25-23-30/h22-25,34,36H,2-21,26-29H2,1H3,(H2,33,37). The van der Waals surface area contributed by atoms with Gasteiger partial charge in [-0.1, -0.05) is 116 Å². The van der Waals surface area contributed by atoms with Gasteiger partial charge < -0.3 is 25.8 Å². The number of hydrogen-bond acceptors (Lipinski definition) is 4. The number of hydrogen-bond donors (Lipinski definition) is 3. The zero-order valence-corrected chi connectivity index (χ0v) is 24.6. The zero-order chi connectivity index (χ0) is 27.5. The fourth-order valence-electron chi connectivity index (χ4n) is 4.83. The van der Waals surface area contributed by atoms with Crippen LogP contribution in [0.1, 0.15) is 135 Å². The number of ether oxygens (including phenoxy) is 1. The Labute approximate surface area is 234 Å². The Hall–Kier alpha value is -1.95. The number of nitrogens with one attached hydrogen (secondary N) is 1. The van der Waals surface area contributed by atoms with E-state index in [0.717, 1.165) is 44.6 Å². The van der Waals surface area contributed by atoms with Gasteiger partial charge in [0.2, 0.25) is 0 Å². The lowest BCUT2D eigenvalue weighted by Gasteiger charge is -2.20. The number of amides is 2. The molecule has 0 bridgehead atoms. The maximum absolute atomic E-state index is 11.8. The Balaban J connectivity index is 1.84. The van der Waals surface area contributed by atoms with E-state index in [-0.39, 0.29) is 11.8 Å². The number of primary amides is 1. The second kappa shape index (κ2) is 25.3. The van der Waals surface area contributed by atoms with E-state index < -0.39 is 0 Å². The molecular formula is C32H59N3O3. The second-order valence-electron chi connectivity index (χ2n) is 10.8. The van der Waals surface area contributed by atoms with Crippen LogP contribution < -0.4 is 11.1 Å². The Morgan fingerprint density at radius 3 is 1.58 bits per heavy atom. The van der Waals surface area contributed by atoms with E-state index in [1.807, 2.05) is 17.0 Å². The number of phenols is 1. The van der Waals surface area contributed by atoms with Crippen LogP contribution in [0.3, 0.4) is 0 Å². The summed E-state index contributed by atoms with van der Waals surface area (Å²) >= 11 is 0. The smallest absolute Gasteiger partial charge is 0.314 e. The van der Waals surface area contributed by atoms with Crippen molar-refractivity contribution in [2.45, 2.75) is 135 Å². The fraction of sp³-hybridized carbons (Fsp3) is 0.781. The van der Waals surface area contributed by atoms with E-state index >= 15 is 0 Å². The molecule has 0 radical (unpaired) electrons. The van der Waals surface area contributed by atoms with Gasteiger partial charge in [-0.15, -0.1) is 0 Å². The molecule has 0 aliphatic carbocycles. The number of carbonyl (C=O) groups excluding carboxylic acids is 1. The molecule has 2 amide bonds. The van der Waals surface area contributed by atoms with Crippen molar-refractivity contribution in [2.75, 3.05) is 31.7 Å². The van der Waals surface area contributed by atoms with Gasteiger partial charge in [-0.2, -0.15) is 0 Å². The summed E-state index contributed by atoms with van der Waals surface area (Å²) in [5, 5.41) is 12.5. The second-order valence-corrected chi connectivity index (χ2v) is 10.8. The predicted octanol–water partition coefficient (Wildman–Crippen LogP) is 8.98. The third-order valence-electron chi connectivity index (χ3n) is 7.31. The molecule has 220 valence electrons. The van der Waals surface area contributed by atoms with Crippen LogP contribution in [0.5, 0.6) is 5.75 Å². The number of anilines is 1. The molecule has 4 N–H and O–H groups in total. The lowest BCUT2D eigenvalue weighted by atomic mass is 10.1. The summed E-state index contributed by atoms with van der Waals surface area (Å²) in [6.07, 6.45) is 25.5. The Morgan fingerprint density at radius 2 is 1.13 bits per heavy atom. The van der Waals surface area contributed by atoms with Gasteiger partial charge in [0, 0.05) is 25.4 Å². The number of rotatable bonds is 27. The zero-order valence-electron chi connectivity index (χ0n) is 24.6. The van der Waals surface area contributed by atoms with Gasteiger partial charge in [0.05, 0.1) is 0 Å².